The zero-order valence-corrected chi connectivity index (χ0v) is 29.9. The van der Waals surface area contributed by atoms with E-state index in [-0.39, 0.29) is 65.1 Å². The van der Waals surface area contributed by atoms with Crippen LogP contribution in [0.3, 0.4) is 0 Å². The highest BCUT2D eigenvalue weighted by molar-refractivity contribution is 5.83. The SMILES string of the molecule is CC12CCC(OC(=O)CCCCCCC(=O)NC(CCCN=C(N)N)C(=O)O)CC1CCC1C2CCC2(C)C(c3ccc(=O)oc3)CCC12O. The van der Waals surface area contributed by atoms with Crippen molar-refractivity contribution in [1.29, 1.82) is 0 Å². The molecule has 5 rings (SSSR count). The fourth-order valence-electron chi connectivity index (χ4n) is 10.6. The molecule has 50 heavy (non-hydrogen) atoms. The van der Waals surface area contributed by atoms with Crippen molar-refractivity contribution >= 4 is 23.8 Å². The van der Waals surface area contributed by atoms with Gasteiger partial charge in [-0.05, 0) is 124 Å². The maximum absolute atomic E-state index is 12.8. The van der Waals surface area contributed by atoms with Crippen molar-refractivity contribution in [1.82, 2.24) is 5.32 Å². The fourth-order valence-corrected chi connectivity index (χ4v) is 10.6. The lowest BCUT2D eigenvalue weighted by molar-refractivity contribution is -0.207. The smallest absolute Gasteiger partial charge is 0.335 e. The molecule has 4 saturated carbocycles. The highest BCUT2D eigenvalue weighted by Gasteiger charge is 2.67. The summed E-state index contributed by atoms with van der Waals surface area (Å²) in [5.74, 6) is -0.271. The summed E-state index contributed by atoms with van der Waals surface area (Å²) in [7, 11) is 0. The van der Waals surface area contributed by atoms with Gasteiger partial charge in [0.05, 0.1) is 11.9 Å². The lowest BCUT2D eigenvalue weighted by atomic mass is 9.43. The summed E-state index contributed by atoms with van der Waals surface area (Å²) in [6.07, 6.45) is 14.1. The van der Waals surface area contributed by atoms with E-state index in [2.05, 4.69) is 24.2 Å². The van der Waals surface area contributed by atoms with Crippen LogP contribution in [-0.2, 0) is 19.1 Å². The standard InChI is InChI=1S/C38H58N4O8/c1-36-18-15-26(50-33(45)10-6-4-3-5-9-31(43)42-30(34(46)47)8-7-21-41-35(39)40)22-25(36)12-13-29-28(36)16-19-37(2)27(17-20-38(29,37)48)24-11-14-32(44)49-23-24/h11,14,23,25-30,48H,3-10,12-13,15-22H2,1-2H3,(H,42,43)(H,46,47)(H4,39,40,41). The summed E-state index contributed by atoms with van der Waals surface area (Å²) in [5.41, 5.74) is 10.4. The van der Waals surface area contributed by atoms with Crippen molar-refractivity contribution in [3.63, 3.8) is 0 Å². The lowest BCUT2D eigenvalue weighted by Crippen LogP contribution is -2.62. The van der Waals surface area contributed by atoms with Crippen molar-refractivity contribution in [3.05, 3.63) is 34.4 Å². The molecule has 4 aliphatic rings. The van der Waals surface area contributed by atoms with Gasteiger partial charge in [-0.2, -0.15) is 0 Å². The van der Waals surface area contributed by atoms with Crippen molar-refractivity contribution < 1.29 is 33.8 Å². The Morgan fingerprint density at radius 2 is 1.74 bits per heavy atom. The number of carbonyl (C=O) groups is 3. The predicted molar refractivity (Wildman–Crippen MR) is 188 cm³/mol. The molecule has 1 heterocycles. The second-order valence-electron chi connectivity index (χ2n) is 16.1. The highest BCUT2D eigenvalue weighted by Crippen LogP contribution is 2.70. The molecular weight excluding hydrogens is 640 g/mol. The first kappa shape index (κ1) is 37.8. The Morgan fingerprint density at radius 3 is 2.44 bits per heavy atom. The van der Waals surface area contributed by atoms with Crippen LogP contribution in [0.25, 0.3) is 0 Å². The van der Waals surface area contributed by atoms with Gasteiger partial charge in [0.2, 0.25) is 5.91 Å². The molecule has 4 fully saturated rings. The molecule has 0 aliphatic heterocycles. The number of unbranched alkanes of at least 4 members (excludes halogenated alkanes) is 3. The van der Waals surface area contributed by atoms with Gasteiger partial charge in [-0.25, -0.2) is 9.59 Å². The van der Waals surface area contributed by atoms with Crippen LogP contribution in [-0.4, -0.2) is 58.3 Å². The number of nitrogens with one attached hydrogen (secondary N) is 1. The number of aliphatic imine (C=N–C) groups is 1. The minimum atomic E-state index is -1.09. The first-order valence-electron chi connectivity index (χ1n) is 18.8. The van der Waals surface area contributed by atoms with Crippen LogP contribution in [0.2, 0.25) is 0 Å². The molecule has 0 aromatic carbocycles. The van der Waals surface area contributed by atoms with Gasteiger partial charge in [0.15, 0.2) is 5.96 Å². The Morgan fingerprint density at radius 1 is 0.980 bits per heavy atom. The Balaban J connectivity index is 1.02. The largest absolute Gasteiger partial charge is 0.480 e. The molecule has 12 heteroatoms. The number of nitrogens with two attached hydrogens (primary N) is 2. The molecule has 0 saturated heterocycles. The molecule has 1 amide bonds. The number of guanidine groups is 1. The topological polar surface area (TPSA) is 208 Å². The average molecular weight is 699 g/mol. The second-order valence-corrected chi connectivity index (χ2v) is 16.1. The summed E-state index contributed by atoms with van der Waals surface area (Å²) in [6, 6.07) is 2.40. The number of hydrogen-bond donors (Lipinski definition) is 5. The quantitative estimate of drug-likeness (QED) is 0.0735. The molecule has 7 N–H and O–H groups in total. The van der Waals surface area contributed by atoms with E-state index < -0.39 is 17.6 Å². The molecule has 1 aromatic rings. The number of carbonyl (C=O) groups excluding carboxylic acids is 2. The Labute approximate surface area is 295 Å². The van der Waals surface area contributed by atoms with Crippen molar-refractivity contribution in [2.45, 2.75) is 147 Å². The maximum atomic E-state index is 12.8. The van der Waals surface area contributed by atoms with E-state index in [0.717, 1.165) is 76.2 Å². The molecule has 278 valence electrons. The minimum absolute atomic E-state index is 0.0506. The van der Waals surface area contributed by atoms with E-state index >= 15 is 0 Å². The normalized spacial score (nSPS) is 33.6. The maximum Gasteiger partial charge on any atom is 0.335 e. The number of fused-ring (bicyclic) bond motifs is 5. The van der Waals surface area contributed by atoms with E-state index in [1.807, 2.05) is 6.07 Å². The molecule has 1 aromatic heterocycles. The van der Waals surface area contributed by atoms with Crippen LogP contribution in [0.4, 0.5) is 0 Å². The zero-order chi connectivity index (χ0) is 36.1. The van der Waals surface area contributed by atoms with Crippen LogP contribution in [0.15, 0.2) is 32.6 Å². The van der Waals surface area contributed by atoms with Gasteiger partial charge in [0.1, 0.15) is 12.1 Å². The lowest BCUT2D eigenvalue weighted by Gasteiger charge is -2.63. The van der Waals surface area contributed by atoms with Gasteiger partial charge in [0, 0.05) is 30.9 Å². The van der Waals surface area contributed by atoms with Gasteiger partial charge in [-0.3, -0.25) is 14.6 Å². The number of aliphatic hydroxyl groups is 1. The number of ether oxygens (including phenoxy) is 1. The number of carboxylic acid groups (broad SMARTS) is 1. The Kier molecular flexibility index (Phi) is 12.0. The summed E-state index contributed by atoms with van der Waals surface area (Å²) in [4.78, 5) is 52.0. The van der Waals surface area contributed by atoms with Gasteiger partial charge >= 0.3 is 17.6 Å². The second kappa shape index (κ2) is 15.9. The van der Waals surface area contributed by atoms with Gasteiger partial charge < -0.3 is 36.2 Å². The summed E-state index contributed by atoms with van der Waals surface area (Å²) >= 11 is 0. The molecule has 0 radical (unpaired) electrons. The third-order valence-corrected chi connectivity index (χ3v) is 13.3. The van der Waals surface area contributed by atoms with Gasteiger partial charge in [0.25, 0.3) is 0 Å². The Bertz CT molecular complexity index is 1440. The first-order chi connectivity index (χ1) is 23.8. The minimum Gasteiger partial charge on any atom is -0.480 e. The molecule has 0 spiro atoms. The molecular formula is C38H58N4O8. The number of hydrogen-bond acceptors (Lipinski definition) is 8. The van der Waals surface area contributed by atoms with E-state index in [0.29, 0.717) is 44.1 Å². The fraction of sp³-hybridized carbons (Fsp3) is 0.763. The summed E-state index contributed by atoms with van der Waals surface area (Å²) in [6.45, 7) is 4.98. The third kappa shape index (κ3) is 8.05. The zero-order valence-electron chi connectivity index (χ0n) is 29.9. The number of aliphatic carboxylic acids is 1. The number of carboxylic acids is 1. The van der Waals surface area contributed by atoms with Gasteiger partial charge in [-0.1, -0.05) is 26.7 Å². The van der Waals surface area contributed by atoms with Crippen molar-refractivity contribution in [2.75, 3.05) is 6.54 Å². The number of esters is 1. The number of rotatable bonds is 15. The van der Waals surface area contributed by atoms with Crippen LogP contribution in [0.1, 0.15) is 134 Å². The molecule has 0 bridgehead atoms. The molecule has 9 unspecified atom stereocenters. The van der Waals surface area contributed by atoms with E-state index in [1.54, 1.807) is 6.26 Å². The number of amides is 1. The molecule has 4 aliphatic carbocycles. The first-order valence-corrected chi connectivity index (χ1v) is 18.8. The monoisotopic (exact) mass is 698 g/mol. The van der Waals surface area contributed by atoms with Gasteiger partial charge in [-0.15, -0.1) is 0 Å². The van der Waals surface area contributed by atoms with Crippen LogP contribution < -0.4 is 22.4 Å². The highest BCUT2D eigenvalue weighted by atomic mass is 16.5. The average Bonchev–Trinajstić information content (AvgIpc) is 3.35. The predicted octanol–water partition coefficient (Wildman–Crippen LogP) is 4.76. The Hall–Kier alpha value is -3.41. The third-order valence-electron chi connectivity index (χ3n) is 13.3. The van der Waals surface area contributed by atoms with Crippen molar-refractivity contribution in [2.24, 2.45) is 45.0 Å². The van der Waals surface area contributed by atoms with E-state index in [4.69, 9.17) is 20.6 Å². The van der Waals surface area contributed by atoms with Crippen LogP contribution in [0.5, 0.6) is 0 Å². The number of nitrogens with zero attached hydrogens (tertiary/aromatic N) is 1. The van der Waals surface area contributed by atoms with Crippen LogP contribution >= 0.6 is 0 Å². The van der Waals surface area contributed by atoms with E-state index in [9.17, 15) is 29.4 Å². The molecule has 9 atom stereocenters. The van der Waals surface area contributed by atoms with Crippen molar-refractivity contribution in [3.8, 4) is 0 Å². The summed E-state index contributed by atoms with van der Waals surface area (Å²) < 4.78 is 11.2. The van der Waals surface area contributed by atoms with Crippen LogP contribution in [0, 0.1) is 28.6 Å². The molecule has 12 nitrogen and oxygen atoms in total. The summed E-state index contributed by atoms with van der Waals surface area (Å²) in [5, 5.41) is 24.4. The van der Waals surface area contributed by atoms with E-state index in [1.165, 1.54) is 6.07 Å².